The van der Waals surface area contributed by atoms with Gasteiger partial charge in [-0.15, -0.1) is 0 Å². The number of Topliss-reactive ketones (excluding diaryl/α,β-unsaturated/α-hetero) is 1. The van der Waals surface area contributed by atoms with Gasteiger partial charge in [0, 0.05) is 23.1 Å². The van der Waals surface area contributed by atoms with Crippen LogP contribution in [0.4, 0.5) is 0 Å². The van der Waals surface area contributed by atoms with Crippen LogP contribution in [0.25, 0.3) is 0 Å². The van der Waals surface area contributed by atoms with E-state index in [1.54, 1.807) is 24.3 Å². The Hall–Kier alpha value is -3.00. The van der Waals surface area contributed by atoms with Crippen LogP contribution in [0.15, 0.2) is 84.9 Å². The van der Waals surface area contributed by atoms with Crippen molar-refractivity contribution in [1.29, 1.82) is 0 Å². The lowest BCUT2D eigenvalue weighted by Gasteiger charge is -2.04. The predicted molar refractivity (Wildman–Crippen MR) is 90.8 cm³/mol. The molecule has 0 unspecified atom stereocenters. The van der Waals surface area contributed by atoms with E-state index >= 15 is 0 Å². The molecule has 0 aliphatic heterocycles. The maximum absolute atomic E-state index is 12.3. The molecule has 0 aliphatic carbocycles. The minimum absolute atomic E-state index is 0.00784. The zero-order valence-electron chi connectivity index (χ0n) is 12.6. The number of hydrogen-bond donors (Lipinski definition) is 0. The Bertz CT molecular complexity index is 803. The number of hydrogen-bond acceptors (Lipinski definition) is 2. The lowest BCUT2D eigenvalue weighted by atomic mass is 9.99. The van der Waals surface area contributed by atoms with E-state index in [-0.39, 0.29) is 11.6 Å². The first-order valence-electron chi connectivity index (χ1n) is 7.51. The molecule has 0 saturated heterocycles. The van der Waals surface area contributed by atoms with Crippen molar-refractivity contribution in [3.05, 3.63) is 107 Å². The molecule has 0 amide bonds. The third kappa shape index (κ3) is 3.61. The molecule has 0 spiro atoms. The number of benzene rings is 3. The highest BCUT2D eigenvalue weighted by Crippen LogP contribution is 2.13. The van der Waals surface area contributed by atoms with Crippen molar-refractivity contribution in [2.45, 2.75) is 6.42 Å². The van der Waals surface area contributed by atoms with Crippen LogP contribution in [0, 0.1) is 0 Å². The lowest BCUT2D eigenvalue weighted by molar-refractivity contribution is 0.0992. The molecule has 0 atom stereocenters. The summed E-state index contributed by atoms with van der Waals surface area (Å²) in [6.07, 6.45) is 0.337. The van der Waals surface area contributed by atoms with Crippen LogP contribution in [0.5, 0.6) is 0 Å². The van der Waals surface area contributed by atoms with Crippen molar-refractivity contribution >= 4 is 11.6 Å². The summed E-state index contributed by atoms with van der Waals surface area (Å²) >= 11 is 0. The van der Waals surface area contributed by atoms with Gasteiger partial charge in [0.1, 0.15) is 0 Å². The molecule has 0 N–H and O–H groups in total. The van der Waals surface area contributed by atoms with Gasteiger partial charge in [0.15, 0.2) is 11.6 Å². The van der Waals surface area contributed by atoms with Gasteiger partial charge in [-0.25, -0.2) is 0 Å². The quantitative estimate of drug-likeness (QED) is 0.657. The van der Waals surface area contributed by atoms with Crippen LogP contribution in [-0.4, -0.2) is 11.6 Å². The minimum Gasteiger partial charge on any atom is -0.294 e. The second-order valence-electron chi connectivity index (χ2n) is 5.36. The molecule has 0 fully saturated rings. The first-order chi connectivity index (χ1) is 11.2. The summed E-state index contributed by atoms with van der Waals surface area (Å²) in [6, 6.07) is 25.7. The summed E-state index contributed by atoms with van der Waals surface area (Å²) in [5, 5.41) is 0. The second kappa shape index (κ2) is 6.84. The first kappa shape index (κ1) is 14.9. The molecule has 2 nitrogen and oxygen atoms in total. The molecule has 3 rings (SSSR count). The van der Waals surface area contributed by atoms with E-state index in [2.05, 4.69) is 0 Å². The van der Waals surface area contributed by atoms with E-state index in [9.17, 15) is 9.59 Å². The predicted octanol–water partition coefficient (Wildman–Crippen LogP) is 4.34. The van der Waals surface area contributed by atoms with Crippen LogP contribution in [-0.2, 0) is 6.42 Å². The minimum atomic E-state index is -0.00784. The fourth-order valence-electron chi connectivity index (χ4n) is 2.44. The topological polar surface area (TPSA) is 34.1 Å². The van der Waals surface area contributed by atoms with E-state index in [0.717, 1.165) is 5.56 Å². The molecule has 2 heteroatoms. The Morgan fingerprint density at radius 3 is 1.61 bits per heavy atom. The largest absolute Gasteiger partial charge is 0.294 e. The molecular weight excluding hydrogens is 284 g/mol. The van der Waals surface area contributed by atoms with Gasteiger partial charge in [-0.3, -0.25) is 9.59 Å². The molecule has 0 bridgehead atoms. The van der Waals surface area contributed by atoms with Gasteiger partial charge in [-0.1, -0.05) is 84.9 Å². The summed E-state index contributed by atoms with van der Waals surface area (Å²) in [4.78, 5) is 24.5. The van der Waals surface area contributed by atoms with Gasteiger partial charge < -0.3 is 0 Å². The molecule has 0 heterocycles. The average molecular weight is 300 g/mol. The summed E-state index contributed by atoms with van der Waals surface area (Å²) < 4.78 is 0. The monoisotopic (exact) mass is 300 g/mol. The van der Waals surface area contributed by atoms with Crippen LogP contribution >= 0.6 is 0 Å². The molecule has 3 aromatic rings. The van der Waals surface area contributed by atoms with E-state index in [1.165, 1.54) is 0 Å². The van der Waals surface area contributed by atoms with Gasteiger partial charge in [-0.05, 0) is 5.56 Å². The van der Waals surface area contributed by atoms with Crippen molar-refractivity contribution in [2.24, 2.45) is 0 Å². The Kier molecular flexibility index (Phi) is 4.44. The van der Waals surface area contributed by atoms with E-state index in [1.807, 2.05) is 60.7 Å². The molecule has 0 saturated carbocycles. The molecule has 23 heavy (non-hydrogen) atoms. The van der Waals surface area contributed by atoms with Crippen LogP contribution in [0.3, 0.4) is 0 Å². The highest BCUT2D eigenvalue weighted by molar-refractivity contribution is 6.09. The van der Waals surface area contributed by atoms with Crippen molar-refractivity contribution in [1.82, 2.24) is 0 Å². The van der Waals surface area contributed by atoms with Crippen LogP contribution in [0.2, 0.25) is 0 Å². The van der Waals surface area contributed by atoms with Gasteiger partial charge >= 0.3 is 0 Å². The molecule has 3 aromatic carbocycles. The van der Waals surface area contributed by atoms with Crippen molar-refractivity contribution < 1.29 is 9.59 Å². The first-order valence-corrected chi connectivity index (χ1v) is 7.51. The number of rotatable bonds is 5. The highest BCUT2D eigenvalue weighted by atomic mass is 16.1. The molecule has 0 aromatic heterocycles. The Morgan fingerprint density at radius 1 is 0.565 bits per heavy atom. The standard InChI is InChI=1S/C21H16O2/c22-20(17-7-3-1-4-8-17)15-16-11-13-19(14-12-16)21(23)18-9-5-2-6-10-18/h1-14H,15H2. The van der Waals surface area contributed by atoms with Crippen molar-refractivity contribution in [3.63, 3.8) is 0 Å². The number of carbonyl (C=O) groups excluding carboxylic acids is 2. The van der Waals surface area contributed by atoms with Gasteiger partial charge in [0.05, 0.1) is 0 Å². The zero-order chi connectivity index (χ0) is 16.1. The van der Waals surface area contributed by atoms with Gasteiger partial charge in [0.25, 0.3) is 0 Å². The second-order valence-corrected chi connectivity index (χ2v) is 5.36. The van der Waals surface area contributed by atoms with E-state index in [4.69, 9.17) is 0 Å². The maximum atomic E-state index is 12.3. The third-order valence-corrected chi connectivity index (χ3v) is 3.71. The Morgan fingerprint density at radius 2 is 1.04 bits per heavy atom. The van der Waals surface area contributed by atoms with Gasteiger partial charge in [-0.2, -0.15) is 0 Å². The Balaban J connectivity index is 1.73. The maximum Gasteiger partial charge on any atom is 0.193 e. The fraction of sp³-hybridized carbons (Fsp3) is 0.0476. The Labute approximate surface area is 135 Å². The summed E-state index contributed by atoms with van der Waals surface area (Å²) in [5.74, 6) is 0.0688. The average Bonchev–Trinajstić information content (AvgIpc) is 2.63. The zero-order valence-corrected chi connectivity index (χ0v) is 12.6. The van der Waals surface area contributed by atoms with Crippen LogP contribution in [0.1, 0.15) is 31.8 Å². The normalized spacial score (nSPS) is 10.3. The lowest BCUT2D eigenvalue weighted by Crippen LogP contribution is -2.04. The summed E-state index contributed by atoms with van der Waals surface area (Å²) in [7, 11) is 0. The molecule has 112 valence electrons. The van der Waals surface area contributed by atoms with E-state index in [0.29, 0.717) is 23.1 Å². The summed E-state index contributed by atoms with van der Waals surface area (Å²) in [5.41, 5.74) is 2.91. The number of ketones is 2. The summed E-state index contributed by atoms with van der Waals surface area (Å²) in [6.45, 7) is 0. The van der Waals surface area contributed by atoms with Crippen LogP contribution < -0.4 is 0 Å². The number of carbonyl (C=O) groups is 2. The molecule has 0 radical (unpaired) electrons. The van der Waals surface area contributed by atoms with Crippen molar-refractivity contribution in [2.75, 3.05) is 0 Å². The van der Waals surface area contributed by atoms with Gasteiger partial charge in [0.2, 0.25) is 0 Å². The smallest absolute Gasteiger partial charge is 0.193 e. The van der Waals surface area contributed by atoms with Crippen molar-refractivity contribution in [3.8, 4) is 0 Å². The molecule has 0 aliphatic rings. The fourth-order valence-corrected chi connectivity index (χ4v) is 2.44. The highest BCUT2D eigenvalue weighted by Gasteiger charge is 2.10. The molecular formula is C21H16O2. The van der Waals surface area contributed by atoms with E-state index < -0.39 is 0 Å². The SMILES string of the molecule is O=C(Cc1ccc(C(=O)c2ccccc2)cc1)c1ccccc1. The third-order valence-electron chi connectivity index (χ3n) is 3.71.